The second-order valence-electron chi connectivity index (χ2n) is 9.25. The van der Waals surface area contributed by atoms with Crippen LogP contribution in [0.1, 0.15) is 12.8 Å². The second kappa shape index (κ2) is 8.84. The third-order valence-corrected chi connectivity index (χ3v) is 6.88. The number of ether oxygens (including phenoxy) is 1. The van der Waals surface area contributed by atoms with E-state index in [-0.39, 0.29) is 5.75 Å². The molecule has 2 unspecified atom stereocenters. The fourth-order valence-corrected chi connectivity index (χ4v) is 5.12. The minimum atomic E-state index is -0.663. The number of nitrogens with two attached hydrogens (primary N) is 1. The van der Waals surface area contributed by atoms with E-state index < -0.39 is 11.6 Å². The van der Waals surface area contributed by atoms with Crippen LogP contribution in [-0.4, -0.2) is 58.3 Å². The number of halogens is 2. The Balaban J connectivity index is 1.14. The van der Waals surface area contributed by atoms with Crippen molar-refractivity contribution in [1.82, 2.24) is 19.5 Å². The maximum absolute atomic E-state index is 13.9. The van der Waals surface area contributed by atoms with Crippen molar-refractivity contribution >= 4 is 17.2 Å². The lowest BCUT2D eigenvalue weighted by molar-refractivity contribution is 0.0717. The van der Waals surface area contributed by atoms with Gasteiger partial charge in [-0.2, -0.15) is 4.52 Å². The highest BCUT2D eigenvalue weighted by Crippen LogP contribution is 2.30. The van der Waals surface area contributed by atoms with Gasteiger partial charge in [0.05, 0.1) is 12.9 Å². The van der Waals surface area contributed by atoms with E-state index in [1.54, 1.807) is 6.26 Å². The number of piperidine rings is 1. The smallest absolute Gasteiger partial charge is 0.217 e. The molecule has 5 heterocycles. The van der Waals surface area contributed by atoms with E-state index in [9.17, 15) is 8.78 Å². The number of rotatable bonds is 5. The summed E-state index contributed by atoms with van der Waals surface area (Å²) in [5.74, 6) is 1.20. The zero-order valence-electron chi connectivity index (χ0n) is 19.1. The average molecular weight is 481 g/mol. The van der Waals surface area contributed by atoms with Gasteiger partial charge in [-0.1, -0.05) is 0 Å². The van der Waals surface area contributed by atoms with Gasteiger partial charge in [0.25, 0.3) is 0 Å². The van der Waals surface area contributed by atoms with Gasteiger partial charge in [-0.15, -0.1) is 5.10 Å². The first-order valence-corrected chi connectivity index (χ1v) is 11.8. The number of fused-ring (bicyclic) bond motifs is 2. The Morgan fingerprint density at radius 1 is 1.09 bits per heavy atom. The summed E-state index contributed by atoms with van der Waals surface area (Å²) in [6.45, 7) is 3.88. The first kappa shape index (κ1) is 21.8. The van der Waals surface area contributed by atoms with Gasteiger partial charge >= 0.3 is 0 Å². The Morgan fingerprint density at radius 2 is 2.00 bits per heavy atom. The third-order valence-electron chi connectivity index (χ3n) is 6.88. The summed E-state index contributed by atoms with van der Waals surface area (Å²) in [7, 11) is 0. The Bertz CT molecular complexity index is 1340. The molecule has 182 valence electrons. The van der Waals surface area contributed by atoms with Crippen molar-refractivity contribution in [3.8, 4) is 17.3 Å². The third kappa shape index (κ3) is 4.29. The Kier molecular flexibility index (Phi) is 5.52. The minimum Gasteiger partial charge on any atom is -0.490 e. The predicted octanol–water partition coefficient (Wildman–Crippen LogP) is 3.83. The summed E-state index contributed by atoms with van der Waals surface area (Å²) >= 11 is 0. The molecule has 0 saturated carbocycles. The van der Waals surface area contributed by atoms with E-state index in [1.165, 1.54) is 12.1 Å². The Morgan fingerprint density at radius 3 is 2.83 bits per heavy atom. The van der Waals surface area contributed by atoms with Crippen molar-refractivity contribution in [3.05, 3.63) is 60.4 Å². The lowest BCUT2D eigenvalue weighted by atomic mass is 9.91. The lowest BCUT2D eigenvalue weighted by Gasteiger charge is -2.46. The highest BCUT2D eigenvalue weighted by Gasteiger charge is 2.34. The number of pyridine rings is 1. The summed E-state index contributed by atoms with van der Waals surface area (Å²) in [6, 6.07) is 11.2. The Labute approximate surface area is 200 Å². The van der Waals surface area contributed by atoms with Crippen LogP contribution >= 0.6 is 0 Å². The molecule has 6 rings (SSSR count). The quantitative estimate of drug-likeness (QED) is 0.465. The highest BCUT2D eigenvalue weighted by atomic mass is 19.1. The maximum atomic E-state index is 13.9. The largest absolute Gasteiger partial charge is 0.490 e. The molecule has 8 nitrogen and oxygen atoms in total. The van der Waals surface area contributed by atoms with Crippen molar-refractivity contribution in [3.63, 3.8) is 0 Å². The first-order chi connectivity index (χ1) is 17.0. The molecule has 2 aliphatic rings. The van der Waals surface area contributed by atoms with Gasteiger partial charge in [0.15, 0.2) is 23.0 Å². The first-order valence-electron chi connectivity index (χ1n) is 11.8. The fourth-order valence-electron chi connectivity index (χ4n) is 5.12. The summed E-state index contributed by atoms with van der Waals surface area (Å²) < 4.78 is 40.0. The summed E-state index contributed by atoms with van der Waals surface area (Å²) in [5, 5.41) is 4.68. The molecular weight excluding hydrogens is 454 g/mol. The maximum Gasteiger partial charge on any atom is 0.217 e. The Hall–Kier alpha value is -3.66. The average Bonchev–Trinajstić information content (AvgIpc) is 3.52. The van der Waals surface area contributed by atoms with Gasteiger partial charge in [0.2, 0.25) is 5.82 Å². The predicted molar refractivity (Wildman–Crippen MR) is 127 cm³/mol. The fraction of sp³-hybridized carbons (Fsp3) is 0.360. The molecule has 3 aromatic heterocycles. The van der Waals surface area contributed by atoms with Crippen molar-refractivity contribution in [2.45, 2.75) is 18.9 Å². The highest BCUT2D eigenvalue weighted by molar-refractivity contribution is 5.64. The number of aromatic nitrogens is 3. The van der Waals surface area contributed by atoms with Crippen LogP contribution in [0.5, 0.6) is 5.75 Å². The van der Waals surface area contributed by atoms with Crippen LogP contribution in [0.2, 0.25) is 0 Å². The molecule has 2 atom stereocenters. The normalized spacial score (nSPS) is 20.8. The summed E-state index contributed by atoms with van der Waals surface area (Å²) in [5.41, 5.74) is 7.53. The molecule has 4 aromatic rings. The SMILES string of the molecule is Nc1cc(N2CCN3CC(COc4ccc(F)cc4F)CCC3C2)n2nc(-c3ccco3)nc2c1. The van der Waals surface area contributed by atoms with Crippen LogP contribution in [0.15, 0.2) is 53.1 Å². The van der Waals surface area contributed by atoms with Crippen LogP contribution in [0.4, 0.5) is 20.3 Å². The molecule has 1 aromatic carbocycles. The number of hydrogen-bond acceptors (Lipinski definition) is 7. The second-order valence-corrected chi connectivity index (χ2v) is 9.25. The molecule has 0 amide bonds. The van der Waals surface area contributed by atoms with E-state index in [1.807, 2.05) is 28.8 Å². The topological polar surface area (TPSA) is 85.1 Å². The molecule has 2 fully saturated rings. The number of piperazine rings is 1. The van der Waals surface area contributed by atoms with Gasteiger partial charge in [-0.05, 0) is 37.1 Å². The minimum absolute atomic E-state index is 0.103. The van der Waals surface area contributed by atoms with Gasteiger partial charge in [-0.3, -0.25) is 4.90 Å². The van der Waals surface area contributed by atoms with Crippen LogP contribution in [-0.2, 0) is 0 Å². The monoisotopic (exact) mass is 480 g/mol. The van der Waals surface area contributed by atoms with Crippen LogP contribution in [0, 0.1) is 17.6 Å². The number of benzene rings is 1. The van der Waals surface area contributed by atoms with E-state index in [2.05, 4.69) is 19.9 Å². The molecular formula is C25H26F2N6O2. The summed E-state index contributed by atoms with van der Waals surface area (Å²) in [6.07, 6.45) is 3.60. The van der Waals surface area contributed by atoms with Crippen molar-refractivity contribution in [2.24, 2.45) is 5.92 Å². The lowest BCUT2D eigenvalue weighted by Crippen LogP contribution is -2.57. The summed E-state index contributed by atoms with van der Waals surface area (Å²) in [4.78, 5) is 9.39. The van der Waals surface area contributed by atoms with Gasteiger partial charge in [-0.25, -0.2) is 13.8 Å². The van der Waals surface area contributed by atoms with Gasteiger partial charge in [0.1, 0.15) is 11.6 Å². The van der Waals surface area contributed by atoms with Crippen LogP contribution < -0.4 is 15.4 Å². The molecule has 0 spiro atoms. The van der Waals surface area contributed by atoms with Crippen molar-refractivity contribution in [1.29, 1.82) is 0 Å². The van der Waals surface area contributed by atoms with Crippen molar-refractivity contribution in [2.75, 3.05) is 43.4 Å². The number of hydrogen-bond donors (Lipinski definition) is 1. The standard InChI is InChI=1S/C25H26F2N6O2/c26-17-4-6-21(20(27)10-17)35-15-16-3-5-19-14-32(8-7-31(19)13-16)24-12-18(28)11-23-29-25(30-33(23)24)22-2-1-9-34-22/h1-2,4,6,9-12,16,19H,3,5,7-8,13-15,28H2. The zero-order valence-corrected chi connectivity index (χ0v) is 19.1. The van der Waals surface area contributed by atoms with E-state index in [0.717, 1.165) is 50.9 Å². The van der Waals surface area contributed by atoms with Crippen LogP contribution in [0.3, 0.4) is 0 Å². The van der Waals surface area contributed by atoms with E-state index in [0.29, 0.717) is 41.5 Å². The number of anilines is 2. The van der Waals surface area contributed by atoms with Gasteiger partial charge < -0.3 is 19.8 Å². The van der Waals surface area contributed by atoms with E-state index >= 15 is 0 Å². The zero-order chi connectivity index (χ0) is 23.9. The number of nitrogens with zero attached hydrogens (tertiary/aromatic N) is 5. The number of nitrogen functional groups attached to an aromatic ring is 1. The molecule has 10 heteroatoms. The molecule has 2 saturated heterocycles. The molecule has 2 aliphatic heterocycles. The van der Waals surface area contributed by atoms with Crippen molar-refractivity contribution < 1.29 is 17.9 Å². The molecule has 0 radical (unpaired) electrons. The molecule has 0 aliphatic carbocycles. The molecule has 0 bridgehead atoms. The number of furan rings is 1. The van der Waals surface area contributed by atoms with E-state index in [4.69, 9.17) is 14.9 Å². The molecule has 2 N–H and O–H groups in total. The van der Waals surface area contributed by atoms with Gasteiger partial charge in [0, 0.05) is 62.0 Å². The van der Waals surface area contributed by atoms with Crippen LogP contribution in [0.25, 0.3) is 17.2 Å². The molecule has 35 heavy (non-hydrogen) atoms.